The Morgan fingerprint density at radius 2 is 1.58 bits per heavy atom. The molecular weight excluding hydrogens is 406 g/mol. The highest BCUT2D eigenvalue weighted by Crippen LogP contribution is 2.36. The van der Waals surface area contributed by atoms with Gasteiger partial charge in [-0.15, -0.1) is 0 Å². The summed E-state index contributed by atoms with van der Waals surface area (Å²) in [5.41, 5.74) is 6.12. The van der Waals surface area contributed by atoms with Crippen LogP contribution >= 0.6 is 0 Å². The molecule has 9 nitrogen and oxygen atoms in total. The van der Waals surface area contributed by atoms with Crippen molar-refractivity contribution in [1.82, 2.24) is 0 Å². The van der Waals surface area contributed by atoms with Crippen molar-refractivity contribution in [3.8, 4) is 11.5 Å². The SMILES string of the molecule is CC(=O)Oc1ccc(C(C(C)COC(=O)CC(C)(C)C)[C@H](N)C(=O)O)cc1OC(C)=O. The fourth-order valence-electron chi connectivity index (χ4n) is 3.06. The number of benzene rings is 1. The van der Waals surface area contributed by atoms with E-state index in [9.17, 15) is 24.3 Å². The Morgan fingerprint density at radius 3 is 2.06 bits per heavy atom. The predicted molar refractivity (Wildman–Crippen MR) is 112 cm³/mol. The number of carbonyl (C=O) groups is 4. The number of hydrogen-bond acceptors (Lipinski definition) is 8. The number of carboxylic acid groups (broad SMARTS) is 1. The summed E-state index contributed by atoms with van der Waals surface area (Å²) >= 11 is 0. The lowest BCUT2D eigenvalue weighted by Crippen LogP contribution is -2.40. The van der Waals surface area contributed by atoms with Crippen molar-refractivity contribution in [2.45, 2.75) is 59.9 Å². The lowest BCUT2D eigenvalue weighted by molar-refractivity contribution is -0.147. The first-order valence-electron chi connectivity index (χ1n) is 9.86. The van der Waals surface area contributed by atoms with Gasteiger partial charge in [0.15, 0.2) is 11.5 Å². The molecule has 0 aliphatic carbocycles. The van der Waals surface area contributed by atoms with Crippen LogP contribution in [0, 0.1) is 11.3 Å². The molecule has 3 atom stereocenters. The van der Waals surface area contributed by atoms with E-state index >= 15 is 0 Å². The number of ether oxygens (including phenoxy) is 3. The molecule has 2 unspecified atom stereocenters. The van der Waals surface area contributed by atoms with Crippen molar-refractivity contribution in [1.29, 1.82) is 0 Å². The third-order valence-electron chi connectivity index (χ3n) is 4.33. The van der Waals surface area contributed by atoms with Gasteiger partial charge < -0.3 is 25.1 Å². The van der Waals surface area contributed by atoms with Crippen molar-refractivity contribution in [2.24, 2.45) is 17.1 Å². The Balaban J connectivity index is 3.22. The Bertz CT molecular complexity index is 827. The van der Waals surface area contributed by atoms with E-state index in [0.29, 0.717) is 5.56 Å². The van der Waals surface area contributed by atoms with Gasteiger partial charge in [0, 0.05) is 19.8 Å². The number of carbonyl (C=O) groups excluding carboxylic acids is 3. The monoisotopic (exact) mass is 437 g/mol. The molecule has 0 radical (unpaired) electrons. The zero-order valence-corrected chi connectivity index (χ0v) is 18.8. The third kappa shape index (κ3) is 8.75. The van der Waals surface area contributed by atoms with Crippen LogP contribution in [0.15, 0.2) is 18.2 Å². The number of esters is 3. The molecule has 0 fully saturated rings. The highest BCUT2D eigenvalue weighted by Gasteiger charge is 2.32. The molecule has 3 N–H and O–H groups in total. The van der Waals surface area contributed by atoms with E-state index in [1.807, 2.05) is 20.8 Å². The maximum absolute atomic E-state index is 12.1. The van der Waals surface area contributed by atoms with Crippen LogP contribution in [0.3, 0.4) is 0 Å². The molecule has 0 spiro atoms. The van der Waals surface area contributed by atoms with Crippen LogP contribution in [0.25, 0.3) is 0 Å². The molecule has 1 aromatic carbocycles. The van der Waals surface area contributed by atoms with E-state index in [1.54, 1.807) is 6.92 Å². The third-order valence-corrected chi connectivity index (χ3v) is 4.33. The summed E-state index contributed by atoms with van der Waals surface area (Å²) in [5.74, 6) is -4.17. The van der Waals surface area contributed by atoms with Crippen LogP contribution in [0.1, 0.15) is 59.4 Å². The summed E-state index contributed by atoms with van der Waals surface area (Å²) < 4.78 is 15.5. The number of aliphatic carboxylic acids is 1. The molecular formula is C22H31NO8. The van der Waals surface area contributed by atoms with Crippen molar-refractivity contribution >= 4 is 23.9 Å². The quantitative estimate of drug-likeness (QED) is 0.440. The van der Waals surface area contributed by atoms with Crippen molar-refractivity contribution in [3.63, 3.8) is 0 Å². The fraction of sp³-hybridized carbons (Fsp3) is 0.545. The van der Waals surface area contributed by atoms with Crippen LogP contribution in [0.2, 0.25) is 0 Å². The van der Waals surface area contributed by atoms with E-state index in [4.69, 9.17) is 19.9 Å². The first kappa shape index (κ1) is 26.1. The van der Waals surface area contributed by atoms with Crippen LogP contribution in [0.4, 0.5) is 0 Å². The summed E-state index contributed by atoms with van der Waals surface area (Å²) in [5, 5.41) is 9.49. The van der Waals surface area contributed by atoms with E-state index in [-0.39, 0.29) is 29.9 Å². The minimum absolute atomic E-state index is 0.0124. The molecule has 172 valence electrons. The van der Waals surface area contributed by atoms with Gasteiger partial charge in [0.1, 0.15) is 6.04 Å². The van der Waals surface area contributed by atoms with Gasteiger partial charge in [-0.2, -0.15) is 0 Å². The van der Waals surface area contributed by atoms with Gasteiger partial charge in [0.25, 0.3) is 0 Å². The summed E-state index contributed by atoms with van der Waals surface area (Å²) in [7, 11) is 0. The lowest BCUT2D eigenvalue weighted by atomic mass is 9.82. The minimum atomic E-state index is -1.32. The van der Waals surface area contributed by atoms with Gasteiger partial charge in [-0.1, -0.05) is 33.8 Å². The van der Waals surface area contributed by atoms with Crippen LogP contribution in [-0.2, 0) is 23.9 Å². The Morgan fingerprint density at radius 1 is 1.03 bits per heavy atom. The molecule has 31 heavy (non-hydrogen) atoms. The molecule has 0 saturated heterocycles. The maximum atomic E-state index is 12.1. The van der Waals surface area contributed by atoms with Crippen LogP contribution < -0.4 is 15.2 Å². The maximum Gasteiger partial charge on any atom is 0.321 e. The van der Waals surface area contributed by atoms with E-state index in [2.05, 4.69) is 0 Å². The topological polar surface area (TPSA) is 142 Å². The smallest absolute Gasteiger partial charge is 0.321 e. The molecule has 0 heterocycles. The second-order valence-electron chi connectivity index (χ2n) is 8.68. The standard InChI is InChI=1S/C22H31NO8/c1-12(11-29-18(26)10-22(4,5)6)19(20(23)21(27)28)15-7-8-16(30-13(2)24)17(9-15)31-14(3)25/h7-9,12,19-20H,10-11,23H2,1-6H3,(H,27,28)/t12?,19?,20-/m0/s1. The Hall–Kier alpha value is -2.94. The van der Waals surface area contributed by atoms with Gasteiger partial charge in [-0.3, -0.25) is 19.2 Å². The van der Waals surface area contributed by atoms with E-state index < -0.39 is 41.8 Å². The number of hydrogen-bond donors (Lipinski definition) is 2. The molecule has 0 saturated carbocycles. The van der Waals surface area contributed by atoms with Gasteiger partial charge in [0.2, 0.25) is 0 Å². The van der Waals surface area contributed by atoms with Crippen LogP contribution in [0.5, 0.6) is 11.5 Å². The summed E-state index contributed by atoms with van der Waals surface area (Å²) in [6, 6.07) is 3.02. The molecule has 1 rings (SSSR count). The summed E-state index contributed by atoms with van der Waals surface area (Å²) in [4.78, 5) is 46.5. The number of nitrogens with two attached hydrogens (primary N) is 1. The first-order chi connectivity index (χ1) is 14.2. The van der Waals surface area contributed by atoms with E-state index in [1.165, 1.54) is 32.0 Å². The Kier molecular flexibility index (Phi) is 9.18. The molecule has 9 heteroatoms. The molecule has 0 amide bonds. The van der Waals surface area contributed by atoms with Gasteiger partial charge in [0.05, 0.1) is 13.0 Å². The first-order valence-corrected chi connectivity index (χ1v) is 9.86. The molecule has 0 aliphatic rings. The van der Waals surface area contributed by atoms with Crippen molar-refractivity contribution in [2.75, 3.05) is 6.61 Å². The number of carboxylic acids is 1. The largest absolute Gasteiger partial charge is 0.480 e. The zero-order valence-electron chi connectivity index (χ0n) is 18.8. The van der Waals surface area contributed by atoms with E-state index in [0.717, 1.165) is 0 Å². The van der Waals surface area contributed by atoms with Gasteiger partial charge >= 0.3 is 23.9 Å². The normalized spacial score (nSPS) is 14.2. The zero-order chi connectivity index (χ0) is 23.9. The lowest BCUT2D eigenvalue weighted by Gasteiger charge is -2.28. The highest BCUT2D eigenvalue weighted by molar-refractivity contribution is 5.76. The van der Waals surface area contributed by atoms with Crippen molar-refractivity contribution < 1.29 is 38.5 Å². The van der Waals surface area contributed by atoms with Gasteiger partial charge in [-0.05, 0) is 29.0 Å². The molecule has 0 aliphatic heterocycles. The molecule has 0 aromatic heterocycles. The fourth-order valence-corrected chi connectivity index (χ4v) is 3.06. The molecule has 1 aromatic rings. The molecule has 0 bridgehead atoms. The number of rotatable bonds is 9. The van der Waals surface area contributed by atoms with Crippen LogP contribution in [-0.4, -0.2) is 41.6 Å². The van der Waals surface area contributed by atoms with Crippen molar-refractivity contribution in [3.05, 3.63) is 23.8 Å². The highest BCUT2D eigenvalue weighted by atomic mass is 16.6. The average Bonchev–Trinajstić information content (AvgIpc) is 2.59. The second-order valence-corrected chi connectivity index (χ2v) is 8.68. The predicted octanol–water partition coefficient (Wildman–Crippen LogP) is 2.65. The Labute approximate surface area is 181 Å². The minimum Gasteiger partial charge on any atom is -0.480 e. The summed E-state index contributed by atoms with van der Waals surface area (Å²) in [6.45, 7) is 9.76. The summed E-state index contributed by atoms with van der Waals surface area (Å²) in [6.07, 6.45) is 0.211. The average molecular weight is 437 g/mol. The van der Waals surface area contributed by atoms with Gasteiger partial charge in [-0.25, -0.2) is 0 Å². The second kappa shape index (κ2) is 10.9.